The standard InChI is InChI=1S/C20H17N3O4/c1-2-26-20(25)15-8-6-14(7-9-15)18-11-10-16(27-18)13-22-23-19(24)17-5-3-4-12-21-17/h3-13H,2H2,1H3,(H,23,24)/b22-13+. The van der Waals surface area contributed by atoms with Gasteiger partial charge in [-0.3, -0.25) is 9.78 Å². The monoisotopic (exact) mass is 363 g/mol. The van der Waals surface area contributed by atoms with Gasteiger partial charge >= 0.3 is 5.97 Å². The molecule has 1 N–H and O–H groups in total. The maximum atomic E-state index is 11.8. The number of carbonyl (C=O) groups is 2. The molecule has 0 aliphatic heterocycles. The smallest absolute Gasteiger partial charge is 0.338 e. The van der Waals surface area contributed by atoms with Crippen molar-refractivity contribution in [3.05, 3.63) is 77.8 Å². The second-order valence-electron chi connectivity index (χ2n) is 5.41. The molecule has 1 aromatic carbocycles. The number of pyridine rings is 1. The van der Waals surface area contributed by atoms with Gasteiger partial charge in [0, 0.05) is 11.8 Å². The van der Waals surface area contributed by atoms with Crippen LogP contribution in [0, 0.1) is 0 Å². The second-order valence-corrected chi connectivity index (χ2v) is 5.41. The van der Waals surface area contributed by atoms with Crippen molar-refractivity contribution in [1.82, 2.24) is 10.4 Å². The van der Waals surface area contributed by atoms with Gasteiger partial charge in [-0.25, -0.2) is 10.2 Å². The summed E-state index contributed by atoms with van der Waals surface area (Å²) in [6.45, 7) is 2.09. The quantitative estimate of drug-likeness (QED) is 0.412. The summed E-state index contributed by atoms with van der Waals surface area (Å²) in [5.74, 6) is 0.317. The third kappa shape index (κ3) is 4.66. The highest BCUT2D eigenvalue weighted by Gasteiger charge is 2.08. The number of amides is 1. The van der Waals surface area contributed by atoms with Crippen molar-refractivity contribution in [2.45, 2.75) is 6.92 Å². The van der Waals surface area contributed by atoms with Gasteiger partial charge in [0.2, 0.25) is 0 Å². The first kappa shape index (κ1) is 18.1. The summed E-state index contributed by atoms with van der Waals surface area (Å²) >= 11 is 0. The molecule has 0 aliphatic carbocycles. The van der Waals surface area contributed by atoms with Gasteiger partial charge in [0.15, 0.2) is 0 Å². The lowest BCUT2D eigenvalue weighted by atomic mass is 10.1. The van der Waals surface area contributed by atoms with E-state index in [1.165, 1.54) is 12.4 Å². The fourth-order valence-corrected chi connectivity index (χ4v) is 2.27. The largest absolute Gasteiger partial charge is 0.462 e. The Morgan fingerprint density at radius 2 is 1.96 bits per heavy atom. The van der Waals surface area contributed by atoms with E-state index in [-0.39, 0.29) is 11.7 Å². The fourth-order valence-electron chi connectivity index (χ4n) is 2.27. The van der Waals surface area contributed by atoms with E-state index < -0.39 is 5.91 Å². The van der Waals surface area contributed by atoms with Crippen LogP contribution in [-0.2, 0) is 4.74 Å². The number of hydrogen-bond donors (Lipinski definition) is 1. The molecule has 7 heteroatoms. The molecule has 3 aromatic rings. The Hall–Kier alpha value is -3.74. The van der Waals surface area contributed by atoms with Crippen LogP contribution in [0.4, 0.5) is 0 Å². The van der Waals surface area contributed by atoms with Crippen LogP contribution in [0.2, 0.25) is 0 Å². The number of benzene rings is 1. The molecule has 0 bridgehead atoms. The van der Waals surface area contributed by atoms with E-state index in [2.05, 4.69) is 15.5 Å². The van der Waals surface area contributed by atoms with Gasteiger partial charge in [-0.05, 0) is 43.3 Å². The Morgan fingerprint density at radius 3 is 2.67 bits per heavy atom. The van der Waals surface area contributed by atoms with E-state index in [4.69, 9.17) is 9.15 Å². The van der Waals surface area contributed by atoms with E-state index in [0.717, 1.165) is 5.56 Å². The van der Waals surface area contributed by atoms with Crippen molar-refractivity contribution in [3.8, 4) is 11.3 Å². The van der Waals surface area contributed by atoms with E-state index in [1.807, 2.05) is 0 Å². The third-order valence-corrected chi connectivity index (χ3v) is 3.56. The van der Waals surface area contributed by atoms with Crippen molar-refractivity contribution in [3.63, 3.8) is 0 Å². The highest BCUT2D eigenvalue weighted by Crippen LogP contribution is 2.22. The minimum atomic E-state index is -0.409. The highest BCUT2D eigenvalue weighted by molar-refractivity contribution is 5.93. The summed E-state index contributed by atoms with van der Waals surface area (Å²) in [5, 5.41) is 3.86. The molecule has 0 saturated heterocycles. The van der Waals surface area contributed by atoms with E-state index in [9.17, 15) is 9.59 Å². The van der Waals surface area contributed by atoms with Crippen LogP contribution in [0.25, 0.3) is 11.3 Å². The summed E-state index contributed by atoms with van der Waals surface area (Å²) in [5.41, 5.74) is 3.94. The van der Waals surface area contributed by atoms with Gasteiger partial charge in [0.1, 0.15) is 17.2 Å². The van der Waals surface area contributed by atoms with Gasteiger partial charge in [-0.1, -0.05) is 18.2 Å². The van der Waals surface area contributed by atoms with Crippen LogP contribution < -0.4 is 5.43 Å². The van der Waals surface area contributed by atoms with Gasteiger partial charge in [-0.15, -0.1) is 0 Å². The van der Waals surface area contributed by atoms with Gasteiger partial charge in [0.25, 0.3) is 5.91 Å². The van der Waals surface area contributed by atoms with Gasteiger partial charge in [-0.2, -0.15) is 5.10 Å². The molecule has 0 radical (unpaired) electrons. The lowest BCUT2D eigenvalue weighted by Crippen LogP contribution is -2.18. The van der Waals surface area contributed by atoms with Crippen LogP contribution >= 0.6 is 0 Å². The number of ether oxygens (including phenoxy) is 1. The van der Waals surface area contributed by atoms with E-state index in [0.29, 0.717) is 23.7 Å². The van der Waals surface area contributed by atoms with Crippen LogP contribution in [0.1, 0.15) is 33.5 Å². The maximum absolute atomic E-state index is 11.8. The Kier molecular flexibility index (Phi) is 5.73. The summed E-state index contributed by atoms with van der Waals surface area (Å²) in [4.78, 5) is 27.4. The predicted octanol–water partition coefficient (Wildman–Crippen LogP) is 3.28. The fraction of sp³-hybridized carbons (Fsp3) is 0.100. The molecule has 2 heterocycles. The molecule has 3 rings (SSSR count). The Morgan fingerprint density at radius 1 is 1.15 bits per heavy atom. The molecule has 0 unspecified atom stereocenters. The Bertz CT molecular complexity index is 947. The molecular formula is C20H17N3O4. The molecular weight excluding hydrogens is 346 g/mol. The number of aromatic nitrogens is 1. The van der Waals surface area contributed by atoms with Crippen molar-refractivity contribution in [1.29, 1.82) is 0 Å². The van der Waals surface area contributed by atoms with Gasteiger partial charge < -0.3 is 9.15 Å². The zero-order valence-corrected chi connectivity index (χ0v) is 14.6. The van der Waals surface area contributed by atoms with Crippen LogP contribution in [0.15, 0.2) is 70.3 Å². The average Bonchev–Trinajstić information content (AvgIpc) is 3.18. The van der Waals surface area contributed by atoms with Crippen LogP contribution in [0.3, 0.4) is 0 Å². The molecule has 7 nitrogen and oxygen atoms in total. The predicted molar refractivity (Wildman–Crippen MR) is 99.4 cm³/mol. The lowest BCUT2D eigenvalue weighted by molar-refractivity contribution is 0.0526. The molecule has 136 valence electrons. The zero-order chi connectivity index (χ0) is 19.1. The first-order valence-electron chi connectivity index (χ1n) is 8.29. The SMILES string of the molecule is CCOC(=O)c1ccc(-c2ccc(/C=N/NC(=O)c3ccccn3)o2)cc1. The summed E-state index contributed by atoms with van der Waals surface area (Å²) in [6, 6.07) is 15.4. The zero-order valence-electron chi connectivity index (χ0n) is 14.6. The van der Waals surface area contributed by atoms with Crippen molar-refractivity contribution >= 4 is 18.1 Å². The lowest BCUT2D eigenvalue weighted by Gasteiger charge is -2.02. The molecule has 1 amide bonds. The normalized spacial score (nSPS) is 10.7. The summed E-state index contributed by atoms with van der Waals surface area (Å²) in [7, 11) is 0. The molecule has 2 aromatic heterocycles. The molecule has 0 spiro atoms. The minimum Gasteiger partial charge on any atom is -0.462 e. The first-order valence-corrected chi connectivity index (χ1v) is 8.29. The molecule has 27 heavy (non-hydrogen) atoms. The molecule has 0 aliphatic rings. The number of nitrogens with one attached hydrogen (secondary N) is 1. The number of hydrazone groups is 1. The van der Waals surface area contributed by atoms with Gasteiger partial charge in [0.05, 0.1) is 18.4 Å². The average molecular weight is 363 g/mol. The minimum absolute atomic E-state index is 0.275. The number of nitrogens with zero attached hydrogens (tertiary/aromatic N) is 2. The third-order valence-electron chi connectivity index (χ3n) is 3.56. The molecule has 0 fully saturated rings. The second kappa shape index (κ2) is 8.57. The summed E-state index contributed by atoms with van der Waals surface area (Å²) < 4.78 is 10.6. The van der Waals surface area contributed by atoms with E-state index in [1.54, 1.807) is 61.5 Å². The summed E-state index contributed by atoms with van der Waals surface area (Å²) in [6.07, 6.45) is 2.93. The molecule has 0 atom stereocenters. The van der Waals surface area contributed by atoms with Crippen molar-refractivity contribution in [2.75, 3.05) is 6.61 Å². The number of carbonyl (C=O) groups excluding carboxylic acids is 2. The van der Waals surface area contributed by atoms with E-state index >= 15 is 0 Å². The topological polar surface area (TPSA) is 93.8 Å². The number of rotatable bonds is 6. The van der Waals surface area contributed by atoms with Crippen LogP contribution in [0.5, 0.6) is 0 Å². The highest BCUT2D eigenvalue weighted by atomic mass is 16.5. The molecule has 0 saturated carbocycles. The van der Waals surface area contributed by atoms with Crippen molar-refractivity contribution < 1.29 is 18.7 Å². The number of hydrogen-bond acceptors (Lipinski definition) is 6. The first-order chi connectivity index (χ1) is 13.2. The maximum Gasteiger partial charge on any atom is 0.338 e. The number of esters is 1. The number of furan rings is 1. The Balaban J connectivity index is 1.63. The van der Waals surface area contributed by atoms with Crippen LogP contribution in [-0.4, -0.2) is 29.7 Å². The van der Waals surface area contributed by atoms with Crippen molar-refractivity contribution in [2.24, 2.45) is 5.10 Å². The Labute approximate surface area is 155 Å².